The lowest BCUT2D eigenvalue weighted by atomic mass is 10.2. The molecule has 120 valence electrons. The molecule has 0 aliphatic rings. The van der Waals surface area contributed by atoms with Gasteiger partial charge in [0.2, 0.25) is 0 Å². The van der Waals surface area contributed by atoms with Crippen molar-refractivity contribution in [3.63, 3.8) is 0 Å². The number of benzene rings is 1. The van der Waals surface area contributed by atoms with Gasteiger partial charge >= 0.3 is 0 Å². The fourth-order valence-corrected chi connectivity index (χ4v) is 3.88. The summed E-state index contributed by atoms with van der Waals surface area (Å²) < 4.78 is 2.00. The molecule has 2 aromatic heterocycles. The summed E-state index contributed by atoms with van der Waals surface area (Å²) in [5, 5.41) is 5.72. The molecule has 4 nitrogen and oxygen atoms in total. The molecule has 5 heteroatoms. The molecule has 2 heterocycles. The van der Waals surface area contributed by atoms with Crippen LogP contribution in [-0.2, 0) is 6.54 Å². The molecule has 1 aromatic carbocycles. The number of hydrogen-bond donors (Lipinski definition) is 0. The monoisotopic (exact) mass is 327 g/mol. The highest BCUT2D eigenvalue weighted by Crippen LogP contribution is 2.29. The first-order valence-electron chi connectivity index (χ1n) is 7.94. The van der Waals surface area contributed by atoms with Crippen LogP contribution in [0.4, 0.5) is 0 Å². The molecule has 3 rings (SSSR count). The standard InChI is InChI=1S/C18H21N3OS/c1-4-20(5-2)17(22)16-11-15-13(3)19-21(18(15)23-16)12-14-9-7-6-8-10-14/h6-11H,4-5,12H2,1-3H3. The zero-order valence-corrected chi connectivity index (χ0v) is 14.6. The van der Waals surface area contributed by atoms with Gasteiger partial charge in [-0.2, -0.15) is 5.10 Å². The Hall–Kier alpha value is -2.14. The maximum atomic E-state index is 12.6. The Balaban J connectivity index is 1.97. The molecule has 23 heavy (non-hydrogen) atoms. The van der Waals surface area contributed by atoms with E-state index in [1.54, 1.807) is 11.3 Å². The number of fused-ring (bicyclic) bond motifs is 1. The SMILES string of the molecule is CCN(CC)C(=O)c1cc2c(C)nn(Cc3ccccc3)c2s1. The second-order valence-corrected chi connectivity index (χ2v) is 6.57. The Bertz CT molecular complexity index is 816. The lowest BCUT2D eigenvalue weighted by molar-refractivity contribution is 0.0778. The van der Waals surface area contributed by atoms with Crippen LogP contribution in [0.25, 0.3) is 10.2 Å². The highest BCUT2D eigenvalue weighted by molar-refractivity contribution is 7.20. The summed E-state index contributed by atoms with van der Waals surface area (Å²) >= 11 is 1.54. The third-order valence-electron chi connectivity index (χ3n) is 4.04. The lowest BCUT2D eigenvalue weighted by Crippen LogP contribution is -2.29. The van der Waals surface area contributed by atoms with Crippen LogP contribution in [0.15, 0.2) is 36.4 Å². The van der Waals surface area contributed by atoms with Gasteiger partial charge in [0, 0.05) is 18.5 Å². The summed E-state index contributed by atoms with van der Waals surface area (Å²) in [5.41, 5.74) is 2.19. The maximum absolute atomic E-state index is 12.6. The summed E-state index contributed by atoms with van der Waals surface area (Å²) in [7, 11) is 0. The smallest absolute Gasteiger partial charge is 0.264 e. The van der Waals surface area contributed by atoms with E-state index in [0.717, 1.165) is 40.4 Å². The Kier molecular flexibility index (Phi) is 4.48. The second kappa shape index (κ2) is 6.54. The average molecular weight is 327 g/mol. The molecule has 0 unspecified atom stereocenters. The van der Waals surface area contributed by atoms with Crippen molar-refractivity contribution >= 4 is 27.5 Å². The fourth-order valence-electron chi connectivity index (χ4n) is 2.75. The summed E-state index contributed by atoms with van der Waals surface area (Å²) in [5.74, 6) is 0.113. The molecule has 0 N–H and O–H groups in total. The van der Waals surface area contributed by atoms with E-state index in [2.05, 4.69) is 17.2 Å². The largest absolute Gasteiger partial charge is 0.339 e. The number of aryl methyl sites for hydroxylation is 1. The van der Waals surface area contributed by atoms with Crippen molar-refractivity contribution in [1.82, 2.24) is 14.7 Å². The van der Waals surface area contributed by atoms with E-state index in [0.29, 0.717) is 0 Å². The Morgan fingerprint density at radius 3 is 2.57 bits per heavy atom. The summed E-state index contributed by atoms with van der Waals surface area (Å²) in [6.45, 7) is 8.22. The first-order valence-corrected chi connectivity index (χ1v) is 8.75. The molecule has 0 bridgehead atoms. The third kappa shape index (κ3) is 3.01. The van der Waals surface area contributed by atoms with E-state index >= 15 is 0 Å². The highest BCUT2D eigenvalue weighted by Gasteiger charge is 2.19. The zero-order chi connectivity index (χ0) is 16.4. The van der Waals surface area contributed by atoms with Crippen LogP contribution in [-0.4, -0.2) is 33.7 Å². The summed E-state index contributed by atoms with van der Waals surface area (Å²) in [6, 6.07) is 12.3. The van der Waals surface area contributed by atoms with Gasteiger partial charge < -0.3 is 4.90 Å². The number of carbonyl (C=O) groups excluding carboxylic acids is 1. The van der Waals surface area contributed by atoms with E-state index in [-0.39, 0.29) is 5.91 Å². The van der Waals surface area contributed by atoms with Crippen LogP contribution in [0, 0.1) is 6.92 Å². The number of carbonyl (C=O) groups is 1. The quantitative estimate of drug-likeness (QED) is 0.712. The van der Waals surface area contributed by atoms with Crippen LogP contribution in [0.5, 0.6) is 0 Å². The van der Waals surface area contributed by atoms with Gasteiger partial charge in [-0.15, -0.1) is 11.3 Å². The second-order valence-electron chi connectivity index (χ2n) is 5.54. The van der Waals surface area contributed by atoms with E-state index < -0.39 is 0 Å². The Labute approximate surface area is 140 Å². The van der Waals surface area contributed by atoms with Crippen LogP contribution < -0.4 is 0 Å². The predicted octanol–water partition coefficient (Wildman–Crippen LogP) is 3.94. The van der Waals surface area contributed by atoms with Crippen molar-refractivity contribution in [2.45, 2.75) is 27.3 Å². The van der Waals surface area contributed by atoms with Crippen LogP contribution >= 0.6 is 11.3 Å². The van der Waals surface area contributed by atoms with Crippen molar-refractivity contribution < 1.29 is 4.79 Å². The van der Waals surface area contributed by atoms with Gasteiger partial charge in [-0.3, -0.25) is 9.48 Å². The van der Waals surface area contributed by atoms with Gasteiger partial charge in [0.05, 0.1) is 17.1 Å². The van der Waals surface area contributed by atoms with Crippen molar-refractivity contribution in [3.05, 3.63) is 52.5 Å². The number of hydrogen-bond acceptors (Lipinski definition) is 3. The van der Waals surface area contributed by atoms with Crippen LogP contribution in [0.2, 0.25) is 0 Å². The maximum Gasteiger partial charge on any atom is 0.264 e. The van der Waals surface area contributed by atoms with Crippen LogP contribution in [0.3, 0.4) is 0 Å². The Morgan fingerprint density at radius 2 is 1.91 bits per heavy atom. The topological polar surface area (TPSA) is 38.1 Å². The molecule has 0 fully saturated rings. The van der Waals surface area contributed by atoms with Gasteiger partial charge in [0.25, 0.3) is 5.91 Å². The minimum Gasteiger partial charge on any atom is -0.339 e. The van der Waals surface area contributed by atoms with Crippen LogP contribution in [0.1, 0.15) is 34.8 Å². The van der Waals surface area contributed by atoms with Crippen molar-refractivity contribution in [3.8, 4) is 0 Å². The first-order chi connectivity index (χ1) is 11.1. The molecule has 0 aliphatic carbocycles. The van der Waals surface area contributed by atoms with Gasteiger partial charge in [-0.1, -0.05) is 30.3 Å². The number of rotatable bonds is 5. The molecular weight excluding hydrogens is 306 g/mol. The molecule has 0 spiro atoms. The molecule has 0 radical (unpaired) electrons. The average Bonchev–Trinajstić information content (AvgIpc) is 3.11. The van der Waals surface area contributed by atoms with Crippen molar-refractivity contribution in [2.75, 3.05) is 13.1 Å². The zero-order valence-electron chi connectivity index (χ0n) is 13.7. The molecule has 1 amide bonds. The van der Waals surface area contributed by atoms with Gasteiger partial charge in [-0.05, 0) is 32.4 Å². The molecule has 3 aromatic rings. The van der Waals surface area contributed by atoms with Gasteiger partial charge in [-0.25, -0.2) is 0 Å². The summed E-state index contributed by atoms with van der Waals surface area (Å²) in [4.78, 5) is 16.3. The molecular formula is C18H21N3OS. The van der Waals surface area contributed by atoms with Gasteiger partial charge in [0.15, 0.2) is 0 Å². The lowest BCUT2D eigenvalue weighted by Gasteiger charge is -2.17. The number of amides is 1. The molecule has 0 saturated heterocycles. The summed E-state index contributed by atoms with van der Waals surface area (Å²) in [6.07, 6.45) is 0. The minimum absolute atomic E-state index is 0.113. The van der Waals surface area contributed by atoms with E-state index in [4.69, 9.17) is 0 Å². The minimum atomic E-state index is 0.113. The first kappa shape index (κ1) is 15.7. The number of thiophene rings is 1. The molecule has 0 saturated carbocycles. The Morgan fingerprint density at radius 1 is 1.22 bits per heavy atom. The molecule has 0 aliphatic heterocycles. The number of aromatic nitrogens is 2. The predicted molar refractivity (Wildman–Crippen MR) is 95.1 cm³/mol. The van der Waals surface area contributed by atoms with Crippen molar-refractivity contribution in [1.29, 1.82) is 0 Å². The van der Waals surface area contributed by atoms with E-state index in [9.17, 15) is 4.79 Å². The third-order valence-corrected chi connectivity index (χ3v) is 5.18. The van der Waals surface area contributed by atoms with E-state index in [1.807, 2.05) is 54.6 Å². The fraction of sp³-hybridized carbons (Fsp3) is 0.333. The molecule has 0 atom stereocenters. The number of nitrogens with zero attached hydrogens (tertiary/aromatic N) is 3. The van der Waals surface area contributed by atoms with E-state index in [1.165, 1.54) is 5.56 Å². The van der Waals surface area contributed by atoms with Crippen molar-refractivity contribution in [2.24, 2.45) is 0 Å². The highest BCUT2D eigenvalue weighted by atomic mass is 32.1. The normalized spacial score (nSPS) is 11.1. The van der Waals surface area contributed by atoms with Gasteiger partial charge in [0.1, 0.15) is 4.83 Å².